The van der Waals surface area contributed by atoms with E-state index in [-0.39, 0.29) is 5.91 Å². The zero-order chi connectivity index (χ0) is 16.2. The molecule has 2 atom stereocenters. The molecule has 5 heteroatoms. The summed E-state index contributed by atoms with van der Waals surface area (Å²) in [5, 5.41) is 2.02. The van der Waals surface area contributed by atoms with Gasteiger partial charge in [0.25, 0.3) is 0 Å². The van der Waals surface area contributed by atoms with Gasteiger partial charge in [0, 0.05) is 43.0 Å². The van der Waals surface area contributed by atoms with Crippen LogP contribution in [0.3, 0.4) is 0 Å². The number of thioether (sulfide) groups is 1. The van der Waals surface area contributed by atoms with Crippen LogP contribution in [0, 0.1) is 11.8 Å². The van der Waals surface area contributed by atoms with Gasteiger partial charge in [0.1, 0.15) is 5.03 Å². The first kappa shape index (κ1) is 16.2. The van der Waals surface area contributed by atoms with E-state index in [0.29, 0.717) is 18.3 Å². The summed E-state index contributed by atoms with van der Waals surface area (Å²) in [6.07, 6.45) is 5.38. The monoisotopic (exact) mass is 329 g/mol. The number of pyridine rings is 2. The second-order valence-corrected chi connectivity index (χ2v) is 7.61. The van der Waals surface area contributed by atoms with E-state index in [2.05, 4.69) is 23.8 Å². The molecule has 2 aromatic rings. The van der Waals surface area contributed by atoms with Gasteiger partial charge in [-0.25, -0.2) is 4.98 Å². The lowest BCUT2D eigenvalue weighted by Gasteiger charge is -2.35. The summed E-state index contributed by atoms with van der Waals surface area (Å²) in [5.74, 6) is 2.26. The van der Waals surface area contributed by atoms with Gasteiger partial charge in [-0.1, -0.05) is 13.8 Å². The van der Waals surface area contributed by atoms with Crippen molar-refractivity contribution in [1.82, 2.24) is 14.9 Å². The molecule has 1 saturated heterocycles. The third-order valence-corrected chi connectivity index (χ3v) is 5.28. The van der Waals surface area contributed by atoms with Gasteiger partial charge in [0.2, 0.25) is 5.91 Å². The Morgan fingerprint density at radius 2 is 2.00 bits per heavy atom. The minimum atomic E-state index is 0.272. The van der Waals surface area contributed by atoms with E-state index in [1.165, 1.54) is 6.42 Å². The molecule has 0 spiro atoms. The van der Waals surface area contributed by atoms with Crippen LogP contribution in [0.15, 0.2) is 35.6 Å². The SMILES string of the molecule is CC1CC(C)CN(C(=O)CCSc2nccc3ncccc23)C1. The van der Waals surface area contributed by atoms with Crippen molar-refractivity contribution in [2.24, 2.45) is 11.8 Å². The van der Waals surface area contributed by atoms with Crippen molar-refractivity contribution >= 4 is 28.6 Å². The molecule has 122 valence electrons. The average molecular weight is 329 g/mol. The molecule has 3 rings (SSSR count). The van der Waals surface area contributed by atoms with Gasteiger partial charge in [0.05, 0.1) is 5.52 Å². The Morgan fingerprint density at radius 1 is 1.22 bits per heavy atom. The largest absolute Gasteiger partial charge is 0.342 e. The van der Waals surface area contributed by atoms with Crippen LogP contribution in [0.4, 0.5) is 0 Å². The number of rotatable bonds is 4. The van der Waals surface area contributed by atoms with Crippen molar-refractivity contribution in [3.63, 3.8) is 0 Å². The highest BCUT2D eigenvalue weighted by Crippen LogP contribution is 2.26. The maximum atomic E-state index is 12.4. The molecule has 0 N–H and O–H groups in total. The molecule has 1 aliphatic heterocycles. The molecule has 1 aliphatic rings. The zero-order valence-corrected chi connectivity index (χ0v) is 14.6. The van der Waals surface area contributed by atoms with Gasteiger partial charge >= 0.3 is 0 Å². The number of fused-ring (bicyclic) bond motifs is 1. The molecule has 2 aromatic heterocycles. The summed E-state index contributed by atoms with van der Waals surface area (Å²) in [6.45, 7) is 6.28. The van der Waals surface area contributed by atoms with E-state index in [0.717, 1.165) is 34.8 Å². The van der Waals surface area contributed by atoms with Gasteiger partial charge < -0.3 is 4.90 Å². The Kier molecular flexibility index (Phi) is 5.16. The van der Waals surface area contributed by atoms with Crippen molar-refractivity contribution in [2.75, 3.05) is 18.8 Å². The van der Waals surface area contributed by atoms with E-state index in [9.17, 15) is 4.79 Å². The van der Waals surface area contributed by atoms with E-state index >= 15 is 0 Å². The predicted octanol–water partition coefficient (Wildman–Crippen LogP) is 3.62. The van der Waals surface area contributed by atoms with Crippen LogP contribution in [-0.2, 0) is 4.79 Å². The number of hydrogen-bond donors (Lipinski definition) is 0. The highest BCUT2D eigenvalue weighted by Gasteiger charge is 2.24. The first-order valence-corrected chi connectivity index (χ1v) is 9.22. The number of carbonyl (C=O) groups excluding carboxylic acids is 1. The van der Waals surface area contributed by atoms with Gasteiger partial charge in [-0.3, -0.25) is 9.78 Å². The lowest BCUT2D eigenvalue weighted by Crippen LogP contribution is -2.42. The minimum Gasteiger partial charge on any atom is -0.342 e. The second kappa shape index (κ2) is 7.30. The number of piperidine rings is 1. The van der Waals surface area contributed by atoms with E-state index in [4.69, 9.17) is 0 Å². The molecule has 1 amide bonds. The number of aromatic nitrogens is 2. The molecule has 2 unspecified atom stereocenters. The average Bonchev–Trinajstić information content (AvgIpc) is 2.54. The fraction of sp³-hybridized carbons (Fsp3) is 0.500. The third-order valence-electron chi connectivity index (χ3n) is 4.27. The summed E-state index contributed by atoms with van der Waals surface area (Å²) in [6, 6.07) is 5.88. The Balaban J connectivity index is 1.57. The fourth-order valence-electron chi connectivity index (χ4n) is 3.35. The highest BCUT2D eigenvalue weighted by molar-refractivity contribution is 7.99. The quantitative estimate of drug-likeness (QED) is 0.804. The van der Waals surface area contributed by atoms with Crippen LogP contribution < -0.4 is 0 Å². The Hall–Kier alpha value is -1.62. The Morgan fingerprint density at radius 3 is 2.78 bits per heavy atom. The number of likely N-dealkylation sites (tertiary alicyclic amines) is 1. The smallest absolute Gasteiger partial charge is 0.223 e. The van der Waals surface area contributed by atoms with E-state index < -0.39 is 0 Å². The molecule has 23 heavy (non-hydrogen) atoms. The van der Waals surface area contributed by atoms with Crippen LogP contribution in [0.2, 0.25) is 0 Å². The normalized spacial score (nSPS) is 21.6. The van der Waals surface area contributed by atoms with Crippen molar-refractivity contribution < 1.29 is 4.79 Å². The van der Waals surface area contributed by atoms with Crippen LogP contribution in [0.5, 0.6) is 0 Å². The molecule has 0 saturated carbocycles. The summed E-state index contributed by atoms with van der Waals surface area (Å²) < 4.78 is 0. The van der Waals surface area contributed by atoms with Gasteiger partial charge in [-0.2, -0.15) is 0 Å². The Bertz CT molecular complexity index is 676. The van der Waals surface area contributed by atoms with Crippen molar-refractivity contribution in [2.45, 2.75) is 31.7 Å². The maximum absolute atomic E-state index is 12.4. The number of carbonyl (C=O) groups is 1. The van der Waals surface area contributed by atoms with Gasteiger partial charge in [-0.05, 0) is 36.5 Å². The standard InChI is InChI=1S/C18H23N3OS/c1-13-10-14(2)12-21(11-13)17(22)6-9-23-18-15-4-3-7-19-16(15)5-8-20-18/h3-5,7-8,13-14H,6,9-12H2,1-2H3. The Labute approximate surface area is 141 Å². The molecule has 0 bridgehead atoms. The van der Waals surface area contributed by atoms with Crippen LogP contribution in [0.1, 0.15) is 26.7 Å². The predicted molar refractivity (Wildman–Crippen MR) is 94.4 cm³/mol. The zero-order valence-electron chi connectivity index (χ0n) is 13.7. The van der Waals surface area contributed by atoms with Gasteiger partial charge in [0.15, 0.2) is 0 Å². The number of amides is 1. The minimum absolute atomic E-state index is 0.272. The summed E-state index contributed by atoms with van der Waals surface area (Å²) in [7, 11) is 0. The number of hydrogen-bond acceptors (Lipinski definition) is 4. The molecule has 1 fully saturated rings. The summed E-state index contributed by atoms with van der Waals surface area (Å²) in [4.78, 5) is 23.2. The lowest BCUT2D eigenvalue weighted by molar-refractivity contribution is -0.133. The van der Waals surface area contributed by atoms with Crippen molar-refractivity contribution in [1.29, 1.82) is 0 Å². The highest BCUT2D eigenvalue weighted by atomic mass is 32.2. The van der Waals surface area contributed by atoms with E-state index in [1.807, 2.05) is 23.1 Å². The molecule has 3 heterocycles. The second-order valence-electron chi connectivity index (χ2n) is 6.53. The van der Waals surface area contributed by atoms with Crippen LogP contribution in [0.25, 0.3) is 10.9 Å². The third kappa shape index (κ3) is 4.02. The topological polar surface area (TPSA) is 46.1 Å². The summed E-state index contributed by atoms with van der Waals surface area (Å²) >= 11 is 1.65. The molecular formula is C18H23N3OS. The summed E-state index contributed by atoms with van der Waals surface area (Å²) in [5.41, 5.74) is 0.954. The molecule has 0 aromatic carbocycles. The lowest BCUT2D eigenvalue weighted by atomic mass is 9.92. The first-order valence-electron chi connectivity index (χ1n) is 8.24. The molecule has 4 nitrogen and oxygen atoms in total. The fourth-order valence-corrected chi connectivity index (χ4v) is 4.28. The van der Waals surface area contributed by atoms with Crippen molar-refractivity contribution in [3.05, 3.63) is 30.6 Å². The number of nitrogens with zero attached hydrogens (tertiary/aromatic N) is 3. The molecule has 0 aliphatic carbocycles. The van der Waals surface area contributed by atoms with E-state index in [1.54, 1.807) is 24.2 Å². The molecule has 0 radical (unpaired) electrons. The maximum Gasteiger partial charge on any atom is 0.223 e. The van der Waals surface area contributed by atoms with Crippen LogP contribution in [-0.4, -0.2) is 39.6 Å². The molecular weight excluding hydrogens is 306 g/mol. The van der Waals surface area contributed by atoms with Gasteiger partial charge in [-0.15, -0.1) is 11.8 Å². The van der Waals surface area contributed by atoms with Crippen molar-refractivity contribution in [3.8, 4) is 0 Å². The van der Waals surface area contributed by atoms with Crippen LogP contribution >= 0.6 is 11.8 Å². The first-order chi connectivity index (χ1) is 11.1.